The number of piperidine rings is 1. The number of aryl methyl sites for hydroxylation is 1. The lowest BCUT2D eigenvalue weighted by molar-refractivity contribution is 0.102. The van der Waals surface area contributed by atoms with Gasteiger partial charge in [-0.25, -0.2) is 0 Å². The molecule has 20 heavy (non-hydrogen) atoms. The fourth-order valence-electron chi connectivity index (χ4n) is 2.23. The first-order valence-corrected chi connectivity index (χ1v) is 7.41. The Morgan fingerprint density at radius 2 is 2.45 bits per heavy atom. The van der Waals surface area contributed by atoms with Crippen LogP contribution in [0.25, 0.3) is 0 Å². The molecule has 0 spiro atoms. The van der Waals surface area contributed by atoms with E-state index in [0.29, 0.717) is 16.9 Å². The number of amides is 1. The van der Waals surface area contributed by atoms with E-state index in [9.17, 15) is 4.79 Å². The Balaban J connectivity index is 1.67. The second kappa shape index (κ2) is 5.68. The van der Waals surface area contributed by atoms with Gasteiger partial charge < -0.3 is 5.32 Å². The quantitative estimate of drug-likeness (QED) is 0.888. The molecule has 7 nitrogen and oxygen atoms in total. The number of rotatable bonds is 3. The Morgan fingerprint density at radius 3 is 3.15 bits per heavy atom. The van der Waals surface area contributed by atoms with Crippen LogP contribution in [0.15, 0.2) is 12.3 Å². The smallest absolute Gasteiger partial charge is 0.277 e. The zero-order valence-corrected chi connectivity index (χ0v) is 12.0. The summed E-state index contributed by atoms with van der Waals surface area (Å²) in [5.41, 5.74) is 0.406. The number of carbonyl (C=O) groups is 1. The van der Waals surface area contributed by atoms with E-state index in [1.807, 2.05) is 17.8 Å². The molecule has 1 unspecified atom stereocenters. The van der Waals surface area contributed by atoms with Crippen LogP contribution in [-0.4, -0.2) is 39.0 Å². The highest BCUT2D eigenvalue weighted by atomic mass is 32.1. The van der Waals surface area contributed by atoms with Gasteiger partial charge in [-0.15, -0.1) is 10.2 Å². The van der Waals surface area contributed by atoms with E-state index in [-0.39, 0.29) is 5.91 Å². The molecular formula is C12H16N6OS. The maximum atomic E-state index is 12.1. The summed E-state index contributed by atoms with van der Waals surface area (Å²) in [5.74, 6) is -0.247. The van der Waals surface area contributed by atoms with E-state index < -0.39 is 0 Å². The lowest BCUT2D eigenvalue weighted by atomic mass is 10.1. The number of carbonyl (C=O) groups excluding carboxylic acids is 1. The first-order valence-electron chi connectivity index (χ1n) is 6.60. The maximum absolute atomic E-state index is 12.1. The summed E-state index contributed by atoms with van der Waals surface area (Å²) in [6.45, 7) is 3.80. The van der Waals surface area contributed by atoms with Crippen molar-refractivity contribution in [3.05, 3.63) is 23.0 Å². The van der Waals surface area contributed by atoms with Gasteiger partial charge in [-0.3, -0.25) is 14.8 Å². The van der Waals surface area contributed by atoms with Gasteiger partial charge in [-0.05, 0) is 32.4 Å². The molecule has 1 fully saturated rings. The number of nitrogens with zero attached hydrogens (tertiary/aromatic N) is 4. The number of hydrogen-bond donors (Lipinski definition) is 2. The molecule has 106 valence electrons. The van der Waals surface area contributed by atoms with Gasteiger partial charge in [-0.1, -0.05) is 11.3 Å². The zero-order valence-electron chi connectivity index (χ0n) is 11.2. The van der Waals surface area contributed by atoms with Crippen LogP contribution >= 0.6 is 11.3 Å². The Labute approximate surface area is 120 Å². The van der Waals surface area contributed by atoms with Crippen molar-refractivity contribution in [3.8, 4) is 0 Å². The minimum atomic E-state index is -0.247. The first-order chi connectivity index (χ1) is 9.72. The van der Waals surface area contributed by atoms with Gasteiger partial charge in [0.15, 0.2) is 5.69 Å². The van der Waals surface area contributed by atoms with E-state index >= 15 is 0 Å². The summed E-state index contributed by atoms with van der Waals surface area (Å²) in [6, 6.07) is 2.06. The van der Waals surface area contributed by atoms with Crippen molar-refractivity contribution in [2.24, 2.45) is 0 Å². The van der Waals surface area contributed by atoms with Gasteiger partial charge in [0, 0.05) is 12.7 Å². The normalized spacial score (nSPS) is 18.9. The average molecular weight is 292 g/mol. The summed E-state index contributed by atoms with van der Waals surface area (Å²) in [4.78, 5) is 12.1. The van der Waals surface area contributed by atoms with Crippen LogP contribution in [0.3, 0.4) is 0 Å². The minimum absolute atomic E-state index is 0.247. The monoisotopic (exact) mass is 292 g/mol. The van der Waals surface area contributed by atoms with Crippen LogP contribution in [0, 0.1) is 6.92 Å². The standard InChI is InChI=1S/C12H16N6OS/c1-8-15-16-12(20-8)14-11(19)10-4-6-18(17-10)9-3-2-5-13-7-9/h4,6,9,13H,2-3,5,7H2,1H3,(H,14,16,19). The van der Waals surface area contributed by atoms with Crippen LogP contribution < -0.4 is 10.6 Å². The molecular weight excluding hydrogens is 276 g/mol. The van der Waals surface area contributed by atoms with Crippen molar-refractivity contribution in [3.63, 3.8) is 0 Å². The van der Waals surface area contributed by atoms with Gasteiger partial charge in [0.25, 0.3) is 5.91 Å². The second-order valence-corrected chi connectivity index (χ2v) is 5.94. The molecule has 2 aromatic rings. The Morgan fingerprint density at radius 1 is 1.55 bits per heavy atom. The van der Waals surface area contributed by atoms with Crippen LogP contribution in [-0.2, 0) is 0 Å². The average Bonchev–Trinajstić information content (AvgIpc) is 3.09. The lowest BCUT2D eigenvalue weighted by Crippen LogP contribution is -2.32. The highest BCUT2D eigenvalue weighted by molar-refractivity contribution is 7.15. The maximum Gasteiger partial charge on any atom is 0.277 e. The summed E-state index contributed by atoms with van der Waals surface area (Å²) in [7, 11) is 0. The molecule has 8 heteroatoms. The van der Waals surface area contributed by atoms with Crippen molar-refractivity contribution in [1.82, 2.24) is 25.3 Å². The molecule has 0 aliphatic carbocycles. The van der Waals surface area contributed by atoms with E-state index in [0.717, 1.165) is 30.9 Å². The minimum Gasteiger partial charge on any atom is -0.315 e. The van der Waals surface area contributed by atoms with Gasteiger partial charge in [0.05, 0.1) is 6.04 Å². The predicted molar refractivity (Wildman–Crippen MR) is 76.0 cm³/mol. The van der Waals surface area contributed by atoms with Crippen molar-refractivity contribution in [1.29, 1.82) is 0 Å². The third kappa shape index (κ3) is 2.86. The molecule has 1 aliphatic heterocycles. The topological polar surface area (TPSA) is 84.7 Å². The number of hydrogen-bond acceptors (Lipinski definition) is 6. The molecule has 0 radical (unpaired) electrons. The fourth-order valence-corrected chi connectivity index (χ4v) is 2.82. The molecule has 1 aliphatic rings. The Kier molecular flexibility index (Phi) is 3.75. The second-order valence-electron chi connectivity index (χ2n) is 4.76. The molecule has 2 aromatic heterocycles. The third-order valence-corrected chi connectivity index (χ3v) is 3.99. The van der Waals surface area contributed by atoms with Gasteiger partial charge in [0.2, 0.25) is 5.13 Å². The molecule has 1 amide bonds. The van der Waals surface area contributed by atoms with Crippen molar-refractivity contribution in [2.45, 2.75) is 25.8 Å². The molecule has 0 bridgehead atoms. The van der Waals surface area contributed by atoms with E-state index in [2.05, 4.69) is 25.9 Å². The molecule has 3 heterocycles. The molecule has 1 saturated heterocycles. The largest absolute Gasteiger partial charge is 0.315 e. The van der Waals surface area contributed by atoms with E-state index in [1.165, 1.54) is 11.3 Å². The summed E-state index contributed by atoms with van der Waals surface area (Å²) in [5, 5.41) is 19.5. The summed E-state index contributed by atoms with van der Waals surface area (Å²) in [6.07, 6.45) is 4.08. The van der Waals surface area contributed by atoms with Gasteiger partial charge in [0.1, 0.15) is 5.01 Å². The molecule has 0 aromatic carbocycles. The number of nitrogens with one attached hydrogen (secondary N) is 2. The van der Waals surface area contributed by atoms with Crippen LogP contribution in [0.5, 0.6) is 0 Å². The number of aromatic nitrogens is 4. The summed E-state index contributed by atoms with van der Waals surface area (Å²) < 4.78 is 1.87. The molecule has 2 N–H and O–H groups in total. The SMILES string of the molecule is Cc1nnc(NC(=O)c2ccn(C3CCCNC3)n2)s1. The van der Waals surface area contributed by atoms with Crippen LogP contribution in [0.1, 0.15) is 34.4 Å². The zero-order chi connectivity index (χ0) is 13.9. The van der Waals surface area contributed by atoms with Gasteiger partial charge >= 0.3 is 0 Å². The molecule has 3 rings (SSSR count). The number of anilines is 1. The van der Waals surface area contributed by atoms with E-state index in [4.69, 9.17) is 0 Å². The first kappa shape index (κ1) is 13.2. The van der Waals surface area contributed by atoms with Crippen LogP contribution in [0.4, 0.5) is 5.13 Å². The Hall–Kier alpha value is -1.80. The van der Waals surface area contributed by atoms with Crippen molar-refractivity contribution >= 4 is 22.4 Å². The van der Waals surface area contributed by atoms with Crippen molar-refractivity contribution < 1.29 is 4.79 Å². The predicted octanol–water partition coefficient (Wildman–Crippen LogP) is 1.22. The highest BCUT2D eigenvalue weighted by Crippen LogP contribution is 2.17. The highest BCUT2D eigenvalue weighted by Gasteiger charge is 2.18. The third-order valence-electron chi connectivity index (χ3n) is 3.23. The molecule has 1 atom stereocenters. The van der Waals surface area contributed by atoms with Crippen molar-refractivity contribution in [2.75, 3.05) is 18.4 Å². The lowest BCUT2D eigenvalue weighted by Gasteiger charge is -2.22. The van der Waals surface area contributed by atoms with E-state index in [1.54, 1.807) is 6.07 Å². The van der Waals surface area contributed by atoms with Gasteiger partial charge in [-0.2, -0.15) is 5.10 Å². The summed E-state index contributed by atoms with van der Waals surface area (Å²) >= 11 is 1.35. The Bertz CT molecular complexity index is 601. The van der Waals surface area contributed by atoms with Crippen LogP contribution in [0.2, 0.25) is 0 Å². The molecule has 0 saturated carbocycles. The fraction of sp³-hybridized carbons (Fsp3) is 0.500.